The van der Waals surface area contributed by atoms with Gasteiger partial charge in [0.25, 0.3) is 0 Å². The van der Waals surface area contributed by atoms with Gasteiger partial charge in [0.15, 0.2) is 12.9 Å². The van der Waals surface area contributed by atoms with Gasteiger partial charge < -0.3 is 9.47 Å². The highest BCUT2D eigenvalue weighted by molar-refractivity contribution is 9.10. The molecule has 80 valence electrons. The van der Waals surface area contributed by atoms with E-state index in [1.807, 2.05) is 0 Å². The van der Waals surface area contributed by atoms with E-state index in [4.69, 9.17) is 4.74 Å². The zero-order valence-electron chi connectivity index (χ0n) is 8.03. The second-order valence-electron chi connectivity index (χ2n) is 2.67. The first-order chi connectivity index (χ1) is 7.17. The molecule has 4 nitrogen and oxygen atoms in total. The molecule has 1 rings (SSSR count). The summed E-state index contributed by atoms with van der Waals surface area (Å²) in [5.41, 5.74) is 0.470. The van der Waals surface area contributed by atoms with Crippen LogP contribution < -0.4 is 4.74 Å². The number of methoxy groups -OCH3 is 1. The first-order valence-corrected chi connectivity index (χ1v) is 4.91. The summed E-state index contributed by atoms with van der Waals surface area (Å²) in [5.74, 6) is -0.0173. The largest absolute Gasteiger partial charge is 0.482 e. The third-order valence-corrected chi connectivity index (χ3v) is 2.40. The van der Waals surface area contributed by atoms with Gasteiger partial charge in [0.05, 0.1) is 7.11 Å². The van der Waals surface area contributed by atoms with Gasteiger partial charge in [0, 0.05) is 10.0 Å². The summed E-state index contributed by atoms with van der Waals surface area (Å²) in [6.07, 6.45) is 0.703. The summed E-state index contributed by atoms with van der Waals surface area (Å²) in [6.45, 7) is -0.170. The summed E-state index contributed by atoms with van der Waals surface area (Å²) in [6, 6.07) is 4.87. The molecular formula is C10H9BrO4. The quantitative estimate of drug-likeness (QED) is 0.620. The number of carbonyl (C=O) groups is 2. The third kappa shape index (κ3) is 3.36. The monoisotopic (exact) mass is 272 g/mol. The molecule has 15 heavy (non-hydrogen) atoms. The van der Waals surface area contributed by atoms with Crippen molar-refractivity contribution in [3.8, 4) is 5.75 Å². The minimum Gasteiger partial charge on any atom is -0.482 e. The summed E-state index contributed by atoms with van der Waals surface area (Å²) >= 11 is 3.21. The van der Waals surface area contributed by atoms with Crippen LogP contribution in [0.2, 0.25) is 0 Å². The molecule has 0 spiro atoms. The molecule has 0 saturated carbocycles. The molecule has 0 saturated heterocycles. The predicted octanol–water partition coefficient (Wildman–Crippen LogP) is 1.81. The molecule has 0 unspecified atom stereocenters. The summed E-state index contributed by atoms with van der Waals surface area (Å²) in [4.78, 5) is 21.4. The minimum atomic E-state index is -0.467. The Hall–Kier alpha value is -1.36. The molecule has 0 N–H and O–H groups in total. The van der Waals surface area contributed by atoms with Crippen LogP contribution in [0.1, 0.15) is 10.4 Å². The number of aldehydes is 1. The summed E-state index contributed by atoms with van der Waals surface area (Å²) < 4.78 is 10.2. The van der Waals surface area contributed by atoms with Gasteiger partial charge in [-0.15, -0.1) is 0 Å². The maximum atomic E-state index is 10.8. The smallest absolute Gasteiger partial charge is 0.343 e. The van der Waals surface area contributed by atoms with Crippen molar-refractivity contribution >= 4 is 28.2 Å². The summed E-state index contributed by atoms with van der Waals surface area (Å²) in [7, 11) is 1.28. The van der Waals surface area contributed by atoms with E-state index in [0.29, 0.717) is 22.1 Å². The number of halogens is 1. The van der Waals surface area contributed by atoms with Crippen LogP contribution >= 0.6 is 15.9 Å². The zero-order chi connectivity index (χ0) is 11.3. The fourth-order valence-electron chi connectivity index (χ4n) is 0.903. The lowest BCUT2D eigenvalue weighted by atomic mass is 10.2. The van der Waals surface area contributed by atoms with E-state index in [9.17, 15) is 9.59 Å². The van der Waals surface area contributed by atoms with Crippen molar-refractivity contribution in [3.63, 3.8) is 0 Å². The van der Waals surface area contributed by atoms with Gasteiger partial charge in [-0.1, -0.05) is 15.9 Å². The molecule has 0 aliphatic carbocycles. The van der Waals surface area contributed by atoms with Crippen molar-refractivity contribution in [2.75, 3.05) is 13.7 Å². The van der Waals surface area contributed by atoms with Crippen molar-refractivity contribution in [1.29, 1.82) is 0 Å². The SMILES string of the molecule is COC(=O)COc1ccc(Br)c(C=O)c1. The fourth-order valence-corrected chi connectivity index (χ4v) is 1.24. The average molecular weight is 273 g/mol. The number of rotatable bonds is 4. The Morgan fingerprint density at radius 3 is 2.87 bits per heavy atom. The maximum absolute atomic E-state index is 10.8. The van der Waals surface area contributed by atoms with Crippen LogP contribution in [0.4, 0.5) is 0 Å². The second-order valence-corrected chi connectivity index (χ2v) is 3.52. The highest BCUT2D eigenvalue weighted by Gasteiger charge is 2.04. The molecule has 1 aromatic carbocycles. The van der Waals surface area contributed by atoms with Gasteiger partial charge in [-0.3, -0.25) is 4.79 Å². The molecule has 0 amide bonds. The van der Waals surface area contributed by atoms with Crippen LogP contribution in [-0.2, 0) is 9.53 Å². The third-order valence-electron chi connectivity index (χ3n) is 1.68. The van der Waals surface area contributed by atoms with E-state index in [2.05, 4.69) is 20.7 Å². The Morgan fingerprint density at radius 1 is 1.53 bits per heavy atom. The summed E-state index contributed by atoms with van der Waals surface area (Å²) in [5, 5.41) is 0. The lowest BCUT2D eigenvalue weighted by Crippen LogP contribution is -2.12. The highest BCUT2D eigenvalue weighted by Crippen LogP contribution is 2.20. The van der Waals surface area contributed by atoms with E-state index in [1.54, 1.807) is 18.2 Å². The Kier molecular flexibility index (Phi) is 4.30. The second kappa shape index (κ2) is 5.50. The number of esters is 1. The van der Waals surface area contributed by atoms with Crippen LogP contribution in [-0.4, -0.2) is 26.0 Å². The van der Waals surface area contributed by atoms with Crippen molar-refractivity contribution < 1.29 is 19.1 Å². The Morgan fingerprint density at radius 2 is 2.27 bits per heavy atom. The van der Waals surface area contributed by atoms with E-state index in [1.165, 1.54) is 7.11 Å². The number of carbonyl (C=O) groups excluding carboxylic acids is 2. The maximum Gasteiger partial charge on any atom is 0.343 e. The molecule has 0 atom stereocenters. The number of hydrogen-bond acceptors (Lipinski definition) is 4. The van der Waals surface area contributed by atoms with E-state index < -0.39 is 5.97 Å². The fraction of sp³-hybridized carbons (Fsp3) is 0.200. The van der Waals surface area contributed by atoms with Crippen LogP contribution in [0, 0.1) is 0 Å². The number of ether oxygens (including phenoxy) is 2. The van der Waals surface area contributed by atoms with Gasteiger partial charge in [-0.25, -0.2) is 4.79 Å². The van der Waals surface area contributed by atoms with Crippen molar-refractivity contribution in [2.24, 2.45) is 0 Å². The van der Waals surface area contributed by atoms with Crippen molar-refractivity contribution in [2.45, 2.75) is 0 Å². The molecule has 0 fully saturated rings. The molecule has 0 aliphatic heterocycles. The van der Waals surface area contributed by atoms with E-state index >= 15 is 0 Å². The van der Waals surface area contributed by atoms with Gasteiger partial charge >= 0.3 is 5.97 Å². The lowest BCUT2D eigenvalue weighted by Gasteiger charge is -2.05. The Bertz CT molecular complexity index is 376. The molecule has 5 heteroatoms. The van der Waals surface area contributed by atoms with Crippen LogP contribution in [0.25, 0.3) is 0 Å². The zero-order valence-corrected chi connectivity index (χ0v) is 9.61. The lowest BCUT2D eigenvalue weighted by molar-refractivity contribution is -0.142. The standard InChI is InChI=1S/C10H9BrO4/c1-14-10(13)6-15-8-2-3-9(11)7(4-8)5-12/h2-5H,6H2,1H3. The molecule has 1 aromatic rings. The molecular weight excluding hydrogens is 264 g/mol. The average Bonchev–Trinajstić information content (AvgIpc) is 2.27. The molecule has 0 radical (unpaired) electrons. The van der Waals surface area contributed by atoms with Gasteiger partial charge in [-0.05, 0) is 18.2 Å². The van der Waals surface area contributed by atoms with E-state index in [-0.39, 0.29) is 6.61 Å². The Balaban J connectivity index is 2.70. The number of hydrogen-bond donors (Lipinski definition) is 0. The molecule has 0 heterocycles. The van der Waals surface area contributed by atoms with E-state index in [0.717, 1.165) is 0 Å². The van der Waals surface area contributed by atoms with Crippen LogP contribution in [0.5, 0.6) is 5.75 Å². The van der Waals surface area contributed by atoms with Crippen molar-refractivity contribution in [1.82, 2.24) is 0 Å². The predicted molar refractivity (Wildman–Crippen MR) is 57.0 cm³/mol. The number of benzene rings is 1. The van der Waals surface area contributed by atoms with Crippen LogP contribution in [0.15, 0.2) is 22.7 Å². The van der Waals surface area contributed by atoms with Gasteiger partial charge in [0.1, 0.15) is 5.75 Å². The van der Waals surface area contributed by atoms with Gasteiger partial charge in [0.2, 0.25) is 0 Å². The molecule has 0 aliphatic rings. The molecule has 0 bridgehead atoms. The Labute approximate surface area is 95.3 Å². The van der Waals surface area contributed by atoms with Gasteiger partial charge in [-0.2, -0.15) is 0 Å². The minimum absolute atomic E-state index is 0.170. The van der Waals surface area contributed by atoms with Crippen molar-refractivity contribution in [3.05, 3.63) is 28.2 Å². The first-order valence-electron chi connectivity index (χ1n) is 4.11. The molecule has 0 aromatic heterocycles. The first kappa shape index (κ1) is 11.7. The van der Waals surface area contributed by atoms with Crippen LogP contribution in [0.3, 0.4) is 0 Å². The highest BCUT2D eigenvalue weighted by atomic mass is 79.9. The normalized spacial score (nSPS) is 9.47. The topological polar surface area (TPSA) is 52.6 Å².